The lowest BCUT2D eigenvalue weighted by atomic mass is 10.1. The Morgan fingerprint density at radius 3 is 2.41 bits per heavy atom. The van der Waals surface area contributed by atoms with Gasteiger partial charge in [0.2, 0.25) is 0 Å². The molecule has 0 saturated carbocycles. The van der Waals surface area contributed by atoms with E-state index < -0.39 is 23.4 Å². The van der Waals surface area contributed by atoms with Crippen LogP contribution in [0, 0.1) is 11.6 Å². The maximum Gasteiger partial charge on any atom is 0.416 e. The van der Waals surface area contributed by atoms with Gasteiger partial charge in [-0.05, 0) is 48.9 Å². The third-order valence-corrected chi connectivity index (χ3v) is 5.70. The van der Waals surface area contributed by atoms with Crippen LogP contribution in [-0.4, -0.2) is 29.6 Å². The highest BCUT2D eigenvalue weighted by molar-refractivity contribution is 7.99. The zero-order valence-corrected chi connectivity index (χ0v) is 14.9. The summed E-state index contributed by atoms with van der Waals surface area (Å²) in [6.07, 6.45) is -4.03. The zero-order chi connectivity index (χ0) is 19.6. The number of halogens is 5. The van der Waals surface area contributed by atoms with Gasteiger partial charge in [-0.3, -0.25) is 4.79 Å². The standard InChI is InChI=1S/C19H16F5NOS/c20-14-5-6-16(21)15(11-14)17-7-8-25(9-10-27-17)18(26)12-1-3-13(4-2-12)19(22,23)24/h1-6,11,17H,7-10H2. The lowest BCUT2D eigenvalue weighted by Gasteiger charge is -2.21. The minimum absolute atomic E-state index is 0.170. The molecule has 2 aromatic carbocycles. The number of carbonyl (C=O) groups excluding carboxylic acids is 1. The van der Waals surface area contributed by atoms with E-state index in [1.165, 1.54) is 22.7 Å². The lowest BCUT2D eigenvalue weighted by molar-refractivity contribution is -0.137. The smallest absolute Gasteiger partial charge is 0.338 e. The first-order chi connectivity index (χ1) is 12.8. The molecule has 3 rings (SSSR count). The van der Waals surface area contributed by atoms with E-state index in [0.29, 0.717) is 25.3 Å². The van der Waals surface area contributed by atoms with Gasteiger partial charge in [-0.2, -0.15) is 24.9 Å². The molecule has 2 aromatic rings. The molecule has 0 aromatic heterocycles. The number of nitrogens with zero attached hydrogens (tertiary/aromatic N) is 1. The van der Waals surface area contributed by atoms with Crippen molar-refractivity contribution in [3.8, 4) is 0 Å². The summed E-state index contributed by atoms with van der Waals surface area (Å²) in [5, 5.41) is -0.286. The van der Waals surface area contributed by atoms with Gasteiger partial charge >= 0.3 is 6.18 Å². The Hall–Kier alpha value is -2.09. The van der Waals surface area contributed by atoms with Gasteiger partial charge in [0.25, 0.3) is 5.91 Å². The highest BCUT2D eigenvalue weighted by Crippen LogP contribution is 2.36. The van der Waals surface area contributed by atoms with Crippen molar-refractivity contribution in [1.82, 2.24) is 4.90 Å². The van der Waals surface area contributed by atoms with E-state index in [1.54, 1.807) is 0 Å². The molecule has 144 valence electrons. The van der Waals surface area contributed by atoms with Crippen molar-refractivity contribution in [3.63, 3.8) is 0 Å². The highest BCUT2D eigenvalue weighted by Gasteiger charge is 2.31. The predicted molar refractivity (Wildman–Crippen MR) is 93.5 cm³/mol. The molecular weight excluding hydrogens is 385 g/mol. The van der Waals surface area contributed by atoms with Crippen molar-refractivity contribution in [2.75, 3.05) is 18.8 Å². The van der Waals surface area contributed by atoms with Crippen molar-refractivity contribution in [2.24, 2.45) is 0 Å². The molecule has 1 heterocycles. The van der Waals surface area contributed by atoms with Crippen molar-refractivity contribution in [2.45, 2.75) is 17.8 Å². The molecule has 0 aliphatic carbocycles. The fourth-order valence-corrected chi connectivity index (χ4v) is 4.21. The van der Waals surface area contributed by atoms with Crippen LogP contribution in [-0.2, 0) is 6.18 Å². The summed E-state index contributed by atoms with van der Waals surface area (Å²) in [7, 11) is 0. The number of alkyl halides is 3. The molecular formula is C19H16F5NOS. The molecule has 1 aliphatic rings. The first kappa shape index (κ1) is 19.7. The van der Waals surface area contributed by atoms with Crippen molar-refractivity contribution in [3.05, 3.63) is 70.8 Å². The van der Waals surface area contributed by atoms with Crippen LogP contribution in [0.25, 0.3) is 0 Å². The molecule has 1 saturated heterocycles. The maximum atomic E-state index is 14.0. The van der Waals surface area contributed by atoms with Crippen LogP contribution in [0.4, 0.5) is 22.0 Å². The Morgan fingerprint density at radius 2 is 1.74 bits per heavy atom. The monoisotopic (exact) mass is 401 g/mol. The van der Waals surface area contributed by atoms with E-state index in [9.17, 15) is 26.7 Å². The molecule has 8 heteroatoms. The Labute approximate surface area is 157 Å². The fraction of sp³-hybridized carbons (Fsp3) is 0.316. The molecule has 2 nitrogen and oxygen atoms in total. The number of benzene rings is 2. The average molecular weight is 401 g/mol. The molecule has 1 atom stereocenters. The SMILES string of the molecule is O=C(c1ccc(C(F)(F)F)cc1)N1CCSC(c2cc(F)ccc2F)CC1. The molecule has 0 bridgehead atoms. The largest absolute Gasteiger partial charge is 0.416 e. The van der Waals surface area contributed by atoms with Gasteiger partial charge in [-0.15, -0.1) is 0 Å². The summed E-state index contributed by atoms with van der Waals surface area (Å²) in [6, 6.07) is 7.39. The minimum Gasteiger partial charge on any atom is -0.338 e. The van der Waals surface area contributed by atoms with Crippen molar-refractivity contribution < 1.29 is 26.7 Å². The first-order valence-electron chi connectivity index (χ1n) is 8.29. The second-order valence-corrected chi connectivity index (χ2v) is 7.49. The van der Waals surface area contributed by atoms with Crippen LogP contribution in [0.5, 0.6) is 0 Å². The Morgan fingerprint density at radius 1 is 1.04 bits per heavy atom. The number of hydrogen-bond donors (Lipinski definition) is 0. The summed E-state index contributed by atoms with van der Waals surface area (Å²) in [4.78, 5) is 14.1. The second kappa shape index (κ2) is 7.88. The molecule has 1 fully saturated rings. The normalized spacial score (nSPS) is 18.3. The number of hydrogen-bond acceptors (Lipinski definition) is 2. The van der Waals surface area contributed by atoms with Gasteiger partial charge in [0.05, 0.1) is 5.56 Å². The highest BCUT2D eigenvalue weighted by atomic mass is 32.2. The summed E-state index contributed by atoms with van der Waals surface area (Å²) in [6.45, 7) is 0.700. The quantitative estimate of drug-likeness (QED) is 0.636. The first-order valence-corrected chi connectivity index (χ1v) is 9.33. The summed E-state index contributed by atoms with van der Waals surface area (Å²) in [5.74, 6) is -0.859. The Bertz CT molecular complexity index is 822. The molecule has 0 N–H and O–H groups in total. The van der Waals surface area contributed by atoms with Crippen molar-refractivity contribution in [1.29, 1.82) is 0 Å². The van der Waals surface area contributed by atoms with E-state index in [-0.39, 0.29) is 22.3 Å². The van der Waals surface area contributed by atoms with Gasteiger partial charge in [-0.25, -0.2) is 8.78 Å². The minimum atomic E-state index is -4.46. The molecule has 1 unspecified atom stereocenters. The van der Waals surface area contributed by atoms with Gasteiger partial charge in [0.1, 0.15) is 11.6 Å². The zero-order valence-electron chi connectivity index (χ0n) is 14.1. The summed E-state index contributed by atoms with van der Waals surface area (Å²) < 4.78 is 65.3. The fourth-order valence-electron chi connectivity index (χ4n) is 2.97. The second-order valence-electron chi connectivity index (χ2n) is 6.18. The summed E-state index contributed by atoms with van der Waals surface area (Å²) >= 11 is 1.43. The Kier molecular flexibility index (Phi) is 5.74. The van der Waals surface area contributed by atoms with Crippen LogP contribution in [0.3, 0.4) is 0 Å². The molecule has 1 aliphatic heterocycles. The molecule has 27 heavy (non-hydrogen) atoms. The average Bonchev–Trinajstić information content (AvgIpc) is 2.88. The van der Waals surface area contributed by atoms with Crippen molar-refractivity contribution >= 4 is 17.7 Å². The van der Waals surface area contributed by atoms with E-state index >= 15 is 0 Å². The topological polar surface area (TPSA) is 20.3 Å². The number of carbonyl (C=O) groups is 1. The Balaban J connectivity index is 1.70. The van der Waals surface area contributed by atoms with E-state index in [4.69, 9.17) is 0 Å². The lowest BCUT2D eigenvalue weighted by Crippen LogP contribution is -2.33. The van der Waals surface area contributed by atoms with Gasteiger partial charge in [0.15, 0.2) is 0 Å². The van der Waals surface area contributed by atoms with Crippen LogP contribution in [0.15, 0.2) is 42.5 Å². The van der Waals surface area contributed by atoms with Crippen LogP contribution in [0.1, 0.15) is 33.2 Å². The van der Waals surface area contributed by atoms with Crippen LogP contribution < -0.4 is 0 Å². The predicted octanol–water partition coefficient (Wildman–Crippen LogP) is 5.30. The van der Waals surface area contributed by atoms with E-state index in [0.717, 1.165) is 36.4 Å². The van der Waals surface area contributed by atoms with Gasteiger partial charge in [0, 0.05) is 35.2 Å². The maximum absolute atomic E-state index is 14.0. The molecule has 1 amide bonds. The van der Waals surface area contributed by atoms with Gasteiger partial charge < -0.3 is 4.90 Å². The number of amides is 1. The molecule has 0 radical (unpaired) electrons. The number of rotatable bonds is 2. The third kappa shape index (κ3) is 4.61. The van der Waals surface area contributed by atoms with Crippen LogP contribution in [0.2, 0.25) is 0 Å². The van der Waals surface area contributed by atoms with E-state index in [2.05, 4.69) is 0 Å². The van der Waals surface area contributed by atoms with Gasteiger partial charge in [-0.1, -0.05) is 0 Å². The van der Waals surface area contributed by atoms with Crippen LogP contribution >= 0.6 is 11.8 Å². The molecule has 0 spiro atoms. The summed E-state index contributed by atoms with van der Waals surface area (Å²) in [5.41, 5.74) is -0.376. The third-order valence-electron chi connectivity index (χ3n) is 4.39. The van der Waals surface area contributed by atoms with E-state index in [1.807, 2.05) is 0 Å². The number of thioether (sulfide) groups is 1.